The van der Waals surface area contributed by atoms with Crippen LogP contribution in [0.4, 0.5) is 4.79 Å². The molecular weight excluding hydrogens is 252 g/mol. The second kappa shape index (κ2) is 4.77. The van der Waals surface area contributed by atoms with Gasteiger partial charge in [0.1, 0.15) is 0 Å². The first-order chi connectivity index (χ1) is 9.81. The number of hydrogen-bond acceptors (Lipinski definition) is 2. The number of carbonyl (C=O) groups is 1. The molecule has 4 nitrogen and oxygen atoms in total. The van der Waals surface area contributed by atoms with Crippen molar-refractivity contribution in [2.75, 3.05) is 13.1 Å². The fraction of sp³-hybridized carbons (Fsp3) is 0.562. The van der Waals surface area contributed by atoms with Crippen LogP contribution in [0.5, 0.6) is 0 Å². The van der Waals surface area contributed by atoms with Gasteiger partial charge in [0.05, 0.1) is 0 Å². The number of hydroxylamine groups is 2. The third-order valence-corrected chi connectivity index (χ3v) is 4.86. The molecule has 0 radical (unpaired) electrons. The van der Waals surface area contributed by atoms with E-state index >= 15 is 0 Å². The summed E-state index contributed by atoms with van der Waals surface area (Å²) in [5.74, 6) is 1.56. The Morgan fingerprint density at radius 1 is 1.10 bits per heavy atom. The Morgan fingerprint density at radius 2 is 1.90 bits per heavy atom. The molecule has 4 rings (SSSR count). The first-order valence-corrected chi connectivity index (χ1v) is 7.61. The molecule has 2 bridgehead atoms. The van der Waals surface area contributed by atoms with E-state index < -0.39 is 0 Å². The fourth-order valence-corrected chi connectivity index (χ4v) is 3.70. The summed E-state index contributed by atoms with van der Waals surface area (Å²) in [6, 6.07) is 9.98. The van der Waals surface area contributed by atoms with Crippen LogP contribution < -0.4 is 0 Å². The van der Waals surface area contributed by atoms with Gasteiger partial charge in [-0.25, -0.2) is 9.63 Å². The second-order valence-electron chi connectivity index (χ2n) is 6.26. The maximum atomic E-state index is 12.5. The minimum Gasteiger partial charge on any atom is -0.322 e. The Balaban J connectivity index is 1.41. The van der Waals surface area contributed by atoms with E-state index in [0.717, 1.165) is 31.0 Å². The number of fused-ring (bicyclic) bond motifs is 2. The van der Waals surface area contributed by atoms with Crippen LogP contribution in [0, 0.1) is 11.8 Å². The van der Waals surface area contributed by atoms with Gasteiger partial charge in [-0.05, 0) is 31.1 Å². The molecule has 0 N–H and O–H groups in total. The molecule has 0 aromatic heterocycles. The molecule has 20 heavy (non-hydrogen) atoms. The van der Waals surface area contributed by atoms with Crippen molar-refractivity contribution in [2.45, 2.75) is 31.9 Å². The molecule has 0 spiro atoms. The molecular formula is C16H20N2O2. The summed E-state index contributed by atoms with van der Waals surface area (Å²) in [4.78, 5) is 20.0. The van der Waals surface area contributed by atoms with Crippen LogP contribution in [0.15, 0.2) is 30.3 Å². The molecule has 1 aromatic carbocycles. The van der Waals surface area contributed by atoms with Crippen LogP contribution in [0.1, 0.15) is 37.5 Å². The maximum Gasteiger partial charge on any atom is 0.346 e. The third-order valence-electron chi connectivity index (χ3n) is 4.86. The number of benzene rings is 1. The monoisotopic (exact) mass is 272 g/mol. The van der Waals surface area contributed by atoms with Gasteiger partial charge < -0.3 is 4.90 Å². The smallest absolute Gasteiger partial charge is 0.322 e. The molecule has 3 unspecified atom stereocenters. The largest absolute Gasteiger partial charge is 0.346 e. The minimum atomic E-state index is -0.177. The summed E-state index contributed by atoms with van der Waals surface area (Å²) < 4.78 is 0. The number of likely N-dealkylation sites (tertiary alicyclic amines) is 1. The Labute approximate surface area is 119 Å². The van der Waals surface area contributed by atoms with Gasteiger partial charge in [0.15, 0.2) is 0 Å². The van der Waals surface area contributed by atoms with E-state index in [1.54, 1.807) is 0 Å². The van der Waals surface area contributed by atoms with Crippen molar-refractivity contribution in [2.24, 2.45) is 11.8 Å². The number of urea groups is 1. The summed E-state index contributed by atoms with van der Waals surface area (Å²) in [5, 5.41) is 1.52. The zero-order valence-corrected chi connectivity index (χ0v) is 11.6. The van der Waals surface area contributed by atoms with E-state index in [2.05, 4.69) is 0 Å². The van der Waals surface area contributed by atoms with Crippen LogP contribution >= 0.6 is 0 Å². The van der Waals surface area contributed by atoms with Gasteiger partial charge in [0.2, 0.25) is 6.23 Å². The molecule has 2 amide bonds. The number of carbonyl (C=O) groups excluding carboxylic acids is 1. The standard InChI is InChI=1S/C16H20N2O2/c19-16(17-9-8-12-6-7-13(10-12)11-17)18-15(20-18)14-4-2-1-3-5-14/h1-5,12-13,15H,6-11H2. The fourth-order valence-electron chi connectivity index (χ4n) is 3.70. The highest BCUT2D eigenvalue weighted by Gasteiger charge is 2.45. The van der Waals surface area contributed by atoms with Crippen molar-refractivity contribution in [3.63, 3.8) is 0 Å². The molecule has 2 heterocycles. The number of hydrogen-bond donors (Lipinski definition) is 0. The highest BCUT2D eigenvalue weighted by Crippen LogP contribution is 2.40. The highest BCUT2D eigenvalue weighted by molar-refractivity contribution is 5.75. The lowest BCUT2D eigenvalue weighted by Crippen LogP contribution is -2.38. The third kappa shape index (κ3) is 2.18. The quantitative estimate of drug-likeness (QED) is 0.736. The molecule has 3 aliphatic rings. The van der Waals surface area contributed by atoms with E-state index in [0.29, 0.717) is 5.92 Å². The van der Waals surface area contributed by atoms with Crippen molar-refractivity contribution in [1.82, 2.24) is 9.96 Å². The Bertz CT molecular complexity index is 504. The molecule has 1 aromatic rings. The van der Waals surface area contributed by atoms with Crippen molar-refractivity contribution >= 4 is 6.03 Å². The van der Waals surface area contributed by atoms with Crippen LogP contribution in [0.3, 0.4) is 0 Å². The van der Waals surface area contributed by atoms with Gasteiger partial charge in [-0.3, -0.25) is 0 Å². The molecule has 1 aliphatic carbocycles. The van der Waals surface area contributed by atoms with E-state index in [9.17, 15) is 4.79 Å². The predicted octanol–water partition coefficient (Wildman–Crippen LogP) is 3.17. The lowest BCUT2D eigenvalue weighted by molar-refractivity contribution is 0.132. The average molecular weight is 272 g/mol. The van der Waals surface area contributed by atoms with E-state index in [4.69, 9.17) is 4.84 Å². The Hall–Kier alpha value is -1.55. The molecule has 106 valence electrons. The van der Waals surface area contributed by atoms with Gasteiger partial charge in [-0.1, -0.05) is 36.8 Å². The van der Waals surface area contributed by atoms with Crippen molar-refractivity contribution in [3.8, 4) is 0 Å². The topological polar surface area (TPSA) is 35.9 Å². The highest BCUT2D eigenvalue weighted by atomic mass is 16.8. The molecule has 1 saturated carbocycles. The summed E-state index contributed by atoms with van der Waals surface area (Å²) in [6.45, 7) is 1.80. The van der Waals surface area contributed by atoms with Gasteiger partial charge in [0.25, 0.3) is 0 Å². The van der Waals surface area contributed by atoms with Gasteiger partial charge >= 0.3 is 6.03 Å². The van der Waals surface area contributed by atoms with Crippen molar-refractivity contribution in [3.05, 3.63) is 35.9 Å². The van der Waals surface area contributed by atoms with E-state index in [1.807, 2.05) is 35.2 Å². The Morgan fingerprint density at radius 3 is 2.75 bits per heavy atom. The lowest BCUT2D eigenvalue weighted by Gasteiger charge is -2.24. The second-order valence-corrected chi connectivity index (χ2v) is 6.26. The normalized spacial score (nSPS) is 32.1. The molecule has 2 aliphatic heterocycles. The SMILES string of the molecule is O=C(N1CCC2CCC(C2)C1)N1OC1c1ccccc1. The molecule has 3 atom stereocenters. The lowest BCUT2D eigenvalue weighted by atomic mass is 10.0. The summed E-state index contributed by atoms with van der Waals surface area (Å²) >= 11 is 0. The van der Waals surface area contributed by atoms with Gasteiger partial charge in [-0.2, -0.15) is 5.06 Å². The molecule has 3 fully saturated rings. The summed E-state index contributed by atoms with van der Waals surface area (Å²) in [6.07, 6.45) is 4.94. The average Bonchev–Trinajstić information content (AvgIpc) is 3.19. The maximum absolute atomic E-state index is 12.5. The number of amides is 2. The zero-order chi connectivity index (χ0) is 13.5. The van der Waals surface area contributed by atoms with Crippen LogP contribution in [-0.2, 0) is 4.84 Å². The number of nitrogens with zero attached hydrogens (tertiary/aromatic N) is 2. The van der Waals surface area contributed by atoms with Crippen molar-refractivity contribution < 1.29 is 9.63 Å². The van der Waals surface area contributed by atoms with E-state index in [1.165, 1.54) is 24.3 Å². The van der Waals surface area contributed by atoms with Crippen LogP contribution in [0.25, 0.3) is 0 Å². The van der Waals surface area contributed by atoms with Gasteiger partial charge in [0, 0.05) is 18.7 Å². The minimum absolute atomic E-state index is 0.0476. The first-order valence-electron chi connectivity index (χ1n) is 7.61. The molecule has 4 heteroatoms. The summed E-state index contributed by atoms with van der Waals surface area (Å²) in [7, 11) is 0. The first kappa shape index (κ1) is 12.2. The van der Waals surface area contributed by atoms with Crippen molar-refractivity contribution in [1.29, 1.82) is 0 Å². The number of rotatable bonds is 1. The Kier molecular flexibility index (Phi) is 2.91. The molecule has 2 saturated heterocycles. The van der Waals surface area contributed by atoms with E-state index in [-0.39, 0.29) is 12.3 Å². The summed E-state index contributed by atoms with van der Waals surface area (Å²) in [5.41, 5.74) is 1.05. The van der Waals surface area contributed by atoms with Crippen LogP contribution in [0.2, 0.25) is 0 Å². The zero-order valence-electron chi connectivity index (χ0n) is 11.6. The van der Waals surface area contributed by atoms with Crippen LogP contribution in [-0.4, -0.2) is 29.1 Å². The predicted molar refractivity (Wildman–Crippen MR) is 74.5 cm³/mol. The van der Waals surface area contributed by atoms with Gasteiger partial charge in [-0.15, -0.1) is 0 Å².